The molecule has 0 unspecified atom stereocenters. The molecule has 0 aliphatic rings. The van der Waals surface area contributed by atoms with Gasteiger partial charge in [-0.2, -0.15) is 4.98 Å². The molecule has 2 aromatic heterocycles. The molecule has 0 saturated heterocycles. The number of aliphatic hydroxyl groups is 1. The molecule has 6 heteroatoms. The van der Waals surface area contributed by atoms with Crippen LogP contribution in [0.25, 0.3) is 11.2 Å². The number of nitrogens with zero attached hydrogens (tertiary/aromatic N) is 4. The van der Waals surface area contributed by atoms with Gasteiger partial charge in [0, 0.05) is 20.0 Å². The third-order valence-corrected chi connectivity index (χ3v) is 2.62. The van der Waals surface area contributed by atoms with E-state index in [1.807, 2.05) is 11.8 Å². The van der Waals surface area contributed by atoms with Gasteiger partial charge < -0.3 is 14.4 Å². The Morgan fingerprint density at radius 2 is 1.94 bits per heavy atom. The second-order valence-corrected chi connectivity index (χ2v) is 4.19. The highest BCUT2D eigenvalue weighted by Crippen LogP contribution is 2.23. The summed E-state index contributed by atoms with van der Waals surface area (Å²) in [5.74, 6) is 1.96. The van der Waals surface area contributed by atoms with Crippen LogP contribution in [0.3, 0.4) is 0 Å². The van der Waals surface area contributed by atoms with Crippen molar-refractivity contribution in [3.8, 4) is 0 Å². The van der Waals surface area contributed by atoms with E-state index in [0.717, 1.165) is 18.8 Å². The lowest BCUT2D eigenvalue weighted by Gasteiger charge is -2.22. The average Bonchev–Trinajstić information content (AvgIpc) is 2.68. The normalized spacial score (nSPS) is 11.1. The van der Waals surface area contributed by atoms with E-state index in [4.69, 9.17) is 9.52 Å². The van der Waals surface area contributed by atoms with Crippen molar-refractivity contribution in [1.29, 1.82) is 0 Å². The molecule has 18 heavy (non-hydrogen) atoms. The molecule has 1 N–H and O–H groups in total. The molecule has 2 heterocycles. The summed E-state index contributed by atoms with van der Waals surface area (Å²) in [5, 5.41) is 9.14. The molecule has 0 saturated carbocycles. The highest BCUT2D eigenvalue weighted by molar-refractivity contribution is 5.82. The van der Waals surface area contributed by atoms with Crippen molar-refractivity contribution >= 4 is 17.0 Å². The minimum Gasteiger partial charge on any atom is -0.422 e. The van der Waals surface area contributed by atoms with Gasteiger partial charge in [-0.3, -0.25) is 0 Å². The molecule has 2 rings (SSSR count). The van der Waals surface area contributed by atoms with Crippen molar-refractivity contribution in [2.75, 3.05) is 24.6 Å². The highest BCUT2D eigenvalue weighted by Gasteiger charge is 2.17. The van der Waals surface area contributed by atoms with E-state index in [0.29, 0.717) is 29.5 Å². The Balaban J connectivity index is 2.52. The molecular formula is C12H18N4O2. The smallest absolute Gasteiger partial charge is 0.252 e. The number of anilines is 1. The highest BCUT2D eigenvalue weighted by atomic mass is 16.4. The first-order chi connectivity index (χ1) is 8.65. The van der Waals surface area contributed by atoms with E-state index in [2.05, 4.69) is 21.9 Å². The Kier molecular flexibility index (Phi) is 3.76. The van der Waals surface area contributed by atoms with E-state index in [1.54, 1.807) is 6.92 Å². The zero-order chi connectivity index (χ0) is 13.1. The second-order valence-electron chi connectivity index (χ2n) is 4.19. The summed E-state index contributed by atoms with van der Waals surface area (Å²) in [7, 11) is 0. The van der Waals surface area contributed by atoms with Gasteiger partial charge in [-0.15, -0.1) is 0 Å². The van der Waals surface area contributed by atoms with Gasteiger partial charge in [-0.1, -0.05) is 6.92 Å². The zero-order valence-electron chi connectivity index (χ0n) is 11.0. The van der Waals surface area contributed by atoms with Crippen molar-refractivity contribution < 1.29 is 9.52 Å². The minimum atomic E-state index is 0.0847. The molecule has 98 valence electrons. The van der Waals surface area contributed by atoms with Gasteiger partial charge in [0.1, 0.15) is 5.82 Å². The van der Waals surface area contributed by atoms with Gasteiger partial charge in [0.25, 0.3) is 5.71 Å². The predicted molar refractivity (Wildman–Crippen MR) is 68.7 cm³/mol. The van der Waals surface area contributed by atoms with Crippen LogP contribution in [-0.2, 0) is 0 Å². The number of fused-ring (bicyclic) bond motifs is 1. The SMILES string of the molecule is CCCN(CCO)c1nc(C)nc2oc(C)nc12. The van der Waals surface area contributed by atoms with Crippen molar-refractivity contribution in [1.82, 2.24) is 15.0 Å². The summed E-state index contributed by atoms with van der Waals surface area (Å²) in [5.41, 5.74) is 1.18. The lowest BCUT2D eigenvalue weighted by atomic mass is 10.3. The van der Waals surface area contributed by atoms with Gasteiger partial charge in [0.05, 0.1) is 6.61 Å². The summed E-state index contributed by atoms with van der Waals surface area (Å²) in [6, 6.07) is 0. The maximum atomic E-state index is 9.14. The average molecular weight is 250 g/mol. The Morgan fingerprint density at radius 1 is 1.17 bits per heavy atom. The van der Waals surface area contributed by atoms with Crippen LogP contribution in [0.2, 0.25) is 0 Å². The molecule has 0 radical (unpaired) electrons. The second kappa shape index (κ2) is 5.30. The molecule has 6 nitrogen and oxygen atoms in total. The number of hydrogen-bond acceptors (Lipinski definition) is 6. The standard InChI is InChI=1S/C12H18N4O2/c1-4-5-16(6-7-17)11-10-12(14-8(2)13-11)18-9(3)15-10/h17H,4-7H2,1-3H3. The molecule has 0 aliphatic heterocycles. The summed E-state index contributed by atoms with van der Waals surface area (Å²) in [6.45, 7) is 7.13. The predicted octanol–water partition coefficient (Wildman–Crippen LogP) is 1.44. The maximum absolute atomic E-state index is 9.14. The first-order valence-corrected chi connectivity index (χ1v) is 6.13. The fraction of sp³-hybridized carbons (Fsp3) is 0.583. The van der Waals surface area contributed by atoms with Gasteiger partial charge in [-0.05, 0) is 13.3 Å². The number of oxazole rings is 1. The van der Waals surface area contributed by atoms with E-state index in [-0.39, 0.29) is 6.61 Å². The first-order valence-electron chi connectivity index (χ1n) is 6.13. The van der Waals surface area contributed by atoms with Gasteiger partial charge in [-0.25, -0.2) is 9.97 Å². The van der Waals surface area contributed by atoms with Crippen LogP contribution >= 0.6 is 0 Å². The number of hydrogen-bond donors (Lipinski definition) is 1. The fourth-order valence-electron chi connectivity index (χ4n) is 1.95. The van der Waals surface area contributed by atoms with Crippen LogP contribution in [0.1, 0.15) is 25.1 Å². The quantitative estimate of drug-likeness (QED) is 0.865. The molecule has 2 aromatic rings. The first kappa shape index (κ1) is 12.8. The summed E-state index contributed by atoms with van der Waals surface area (Å²) >= 11 is 0. The summed E-state index contributed by atoms with van der Waals surface area (Å²) in [6.07, 6.45) is 0.974. The third-order valence-electron chi connectivity index (χ3n) is 2.62. The largest absolute Gasteiger partial charge is 0.422 e. The third kappa shape index (κ3) is 2.43. The lowest BCUT2D eigenvalue weighted by molar-refractivity contribution is 0.301. The van der Waals surface area contributed by atoms with Crippen molar-refractivity contribution in [3.63, 3.8) is 0 Å². The molecule has 0 spiro atoms. The molecule has 0 atom stereocenters. The monoisotopic (exact) mass is 250 g/mol. The van der Waals surface area contributed by atoms with Crippen LogP contribution < -0.4 is 4.90 Å². The van der Waals surface area contributed by atoms with Crippen LogP contribution in [0.5, 0.6) is 0 Å². The van der Waals surface area contributed by atoms with E-state index in [1.165, 1.54) is 0 Å². The topological polar surface area (TPSA) is 75.3 Å². The molecule has 0 amide bonds. The summed E-state index contributed by atoms with van der Waals surface area (Å²) in [4.78, 5) is 15.0. The minimum absolute atomic E-state index is 0.0847. The molecular weight excluding hydrogens is 232 g/mol. The van der Waals surface area contributed by atoms with Crippen LogP contribution in [0.4, 0.5) is 5.82 Å². The number of aliphatic hydroxyl groups excluding tert-OH is 1. The Hall–Kier alpha value is -1.69. The fourth-order valence-corrected chi connectivity index (χ4v) is 1.95. The lowest BCUT2D eigenvalue weighted by Crippen LogP contribution is -2.28. The van der Waals surface area contributed by atoms with Gasteiger partial charge in [0.15, 0.2) is 17.2 Å². The van der Waals surface area contributed by atoms with Crippen molar-refractivity contribution in [2.45, 2.75) is 27.2 Å². The van der Waals surface area contributed by atoms with Crippen LogP contribution in [0.15, 0.2) is 4.42 Å². The van der Waals surface area contributed by atoms with Crippen molar-refractivity contribution in [3.05, 3.63) is 11.7 Å². The summed E-state index contributed by atoms with van der Waals surface area (Å²) < 4.78 is 5.44. The van der Waals surface area contributed by atoms with Crippen LogP contribution in [0, 0.1) is 13.8 Å². The Bertz CT molecular complexity index is 532. The molecule has 0 bridgehead atoms. The molecule has 0 fully saturated rings. The van der Waals surface area contributed by atoms with E-state index < -0.39 is 0 Å². The van der Waals surface area contributed by atoms with E-state index >= 15 is 0 Å². The Labute approximate surface area is 106 Å². The van der Waals surface area contributed by atoms with Crippen molar-refractivity contribution in [2.24, 2.45) is 0 Å². The maximum Gasteiger partial charge on any atom is 0.252 e. The number of rotatable bonds is 5. The number of aromatic nitrogens is 3. The number of aryl methyl sites for hydroxylation is 2. The van der Waals surface area contributed by atoms with E-state index in [9.17, 15) is 0 Å². The molecule has 0 aliphatic carbocycles. The Morgan fingerprint density at radius 3 is 2.61 bits per heavy atom. The van der Waals surface area contributed by atoms with Gasteiger partial charge >= 0.3 is 0 Å². The van der Waals surface area contributed by atoms with Gasteiger partial charge in [0.2, 0.25) is 0 Å². The zero-order valence-corrected chi connectivity index (χ0v) is 11.0. The molecule has 0 aromatic carbocycles. The van der Waals surface area contributed by atoms with Crippen LogP contribution in [-0.4, -0.2) is 39.8 Å².